The highest BCUT2D eigenvalue weighted by Gasteiger charge is 2.23. The molecule has 0 spiro atoms. The topological polar surface area (TPSA) is 148 Å². The fraction of sp³-hybridized carbons (Fsp3) is 0.346. The van der Waals surface area contributed by atoms with Gasteiger partial charge in [-0.15, -0.1) is 11.8 Å². The van der Waals surface area contributed by atoms with Crippen molar-refractivity contribution >= 4 is 51.8 Å². The van der Waals surface area contributed by atoms with E-state index in [2.05, 4.69) is 20.6 Å². The Morgan fingerprint density at radius 3 is 2.51 bits per heavy atom. The molecule has 0 radical (unpaired) electrons. The second-order valence-electron chi connectivity index (χ2n) is 8.88. The second kappa shape index (κ2) is 13.5. The SMILES string of the molecule is CC(=O)N1CCN(C(=O)c2cccc(CSc3cnc(NC(=O)c4ccc(NCC(O)CO)nc4)s3)c2)CC1. The minimum atomic E-state index is -0.890. The smallest absolute Gasteiger partial charge is 0.259 e. The van der Waals surface area contributed by atoms with Crippen LogP contribution in [0.5, 0.6) is 0 Å². The van der Waals surface area contributed by atoms with Gasteiger partial charge in [0.1, 0.15) is 5.82 Å². The average Bonchev–Trinajstić information content (AvgIpc) is 3.41. The van der Waals surface area contributed by atoms with Crippen molar-refractivity contribution in [1.82, 2.24) is 19.8 Å². The molecule has 2 aromatic heterocycles. The van der Waals surface area contributed by atoms with Crippen LogP contribution in [0.2, 0.25) is 0 Å². The predicted octanol–water partition coefficient (Wildman–Crippen LogP) is 2.15. The maximum Gasteiger partial charge on any atom is 0.259 e. The Morgan fingerprint density at radius 1 is 1.05 bits per heavy atom. The summed E-state index contributed by atoms with van der Waals surface area (Å²) in [5, 5.41) is 24.4. The van der Waals surface area contributed by atoms with E-state index in [-0.39, 0.29) is 30.9 Å². The van der Waals surface area contributed by atoms with Crippen LogP contribution in [-0.4, -0.2) is 93.1 Å². The minimum Gasteiger partial charge on any atom is -0.394 e. The molecule has 3 amide bonds. The molecule has 1 saturated heterocycles. The number of pyridine rings is 1. The van der Waals surface area contributed by atoms with Crippen LogP contribution in [0.15, 0.2) is 53.0 Å². The van der Waals surface area contributed by atoms with Gasteiger partial charge in [0.25, 0.3) is 11.8 Å². The molecular weight excluding hydrogens is 540 g/mol. The third-order valence-corrected chi connectivity index (χ3v) is 8.21. The number of nitrogens with one attached hydrogen (secondary N) is 2. The van der Waals surface area contributed by atoms with Gasteiger partial charge in [0.2, 0.25) is 5.91 Å². The lowest BCUT2D eigenvalue weighted by Gasteiger charge is -2.34. The second-order valence-corrected chi connectivity index (χ2v) is 11.2. The highest BCUT2D eigenvalue weighted by Crippen LogP contribution is 2.31. The van der Waals surface area contributed by atoms with E-state index in [4.69, 9.17) is 5.11 Å². The van der Waals surface area contributed by atoms with E-state index in [1.165, 1.54) is 17.5 Å². The highest BCUT2D eigenvalue weighted by atomic mass is 32.2. The zero-order valence-corrected chi connectivity index (χ0v) is 23.0. The van der Waals surface area contributed by atoms with Crippen molar-refractivity contribution in [3.05, 3.63) is 65.5 Å². The number of piperazine rings is 1. The highest BCUT2D eigenvalue weighted by molar-refractivity contribution is 8.00. The van der Waals surface area contributed by atoms with Gasteiger partial charge in [-0.25, -0.2) is 9.97 Å². The Morgan fingerprint density at radius 2 is 1.82 bits per heavy atom. The molecule has 0 saturated carbocycles. The molecule has 0 bridgehead atoms. The molecule has 1 aliphatic rings. The summed E-state index contributed by atoms with van der Waals surface area (Å²) >= 11 is 2.92. The third kappa shape index (κ3) is 7.99. The van der Waals surface area contributed by atoms with Crippen LogP contribution >= 0.6 is 23.1 Å². The summed E-state index contributed by atoms with van der Waals surface area (Å²) in [5.74, 6) is 0.773. The Kier molecular flexibility index (Phi) is 9.87. The van der Waals surface area contributed by atoms with E-state index < -0.39 is 6.10 Å². The first-order valence-corrected chi connectivity index (χ1v) is 14.1. The first-order valence-electron chi connectivity index (χ1n) is 12.3. The molecule has 4 rings (SSSR count). The molecule has 3 heterocycles. The molecular formula is C26H30N6O5S2. The molecule has 1 aromatic carbocycles. The van der Waals surface area contributed by atoms with E-state index in [0.717, 1.165) is 9.77 Å². The summed E-state index contributed by atoms with van der Waals surface area (Å²) in [6.07, 6.45) is 2.23. The van der Waals surface area contributed by atoms with Crippen LogP contribution in [0, 0.1) is 0 Å². The van der Waals surface area contributed by atoms with Crippen molar-refractivity contribution in [2.75, 3.05) is 50.0 Å². The average molecular weight is 571 g/mol. The number of carbonyl (C=O) groups is 3. The van der Waals surface area contributed by atoms with E-state index in [9.17, 15) is 19.5 Å². The van der Waals surface area contributed by atoms with Crippen molar-refractivity contribution in [2.45, 2.75) is 23.0 Å². The molecule has 1 unspecified atom stereocenters. The first kappa shape index (κ1) is 28.5. The monoisotopic (exact) mass is 570 g/mol. The van der Waals surface area contributed by atoms with Crippen LogP contribution in [0.25, 0.3) is 0 Å². The quantitative estimate of drug-likeness (QED) is 0.269. The zero-order valence-electron chi connectivity index (χ0n) is 21.4. The predicted molar refractivity (Wildman–Crippen MR) is 150 cm³/mol. The minimum absolute atomic E-state index is 0.0311. The summed E-state index contributed by atoms with van der Waals surface area (Å²) < 4.78 is 0.919. The van der Waals surface area contributed by atoms with Gasteiger partial charge in [-0.2, -0.15) is 0 Å². The van der Waals surface area contributed by atoms with Crippen LogP contribution in [0.4, 0.5) is 10.9 Å². The van der Waals surface area contributed by atoms with Crippen LogP contribution in [-0.2, 0) is 10.5 Å². The van der Waals surface area contributed by atoms with E-state index in [0.29, 0.717) is 54.0 Å². The third-order valence-electron chi connectivity index (χ3n) is 6.03. The number of carbonyl (C=O) groups excluding carboxylic acids is 3. The first-order chi connectivity index (χ1) is 18.8. The van der Waals surface area contributed by atoms with Crippen LogP contribution in [0.1, 0.15) is 33.2 Å². The molecule has 1 fully saturated rings. The van der Waals surface area contributed by atoms with Crippen molar-refractivity contribution in [3.8, 4) is 0 Å². The number of thiazole rings is 1. The number of aliphatic hydroxyl groups excluding tert-OH is 2. The Bertz CT molecular complexity index is 1290. The number of hydrogen-bond donors (Lipinski definition) is 4. The maximum atomic E-state index is 13.0. The van der Waals surface area contributed by atoms with Gasteiger partial charge in [-0.1, -0.05) is 23.5 Å². The lowest BCUT2D eigenvalue weighted by Crippen LogP contribution is -2.50. The molecule has 13 heteroatoms. The Balaban J connectivity index is 1.27. The van der Waals surface area contributed by atoms with Crippen LogP contribution < -0.4 is 10.6 Å². The van der Waals surface area contributed by atoms with Gasteiger partial charge in [0.15, 0.2) is 5.13 Å². The molecule has 1 atom stereocenters. The maximum absolute atomic E-state index is 13.0. The van der Waals surface area contributed by atoms with Crippen LogP contribution in [0.3, 0.4) is 0 Å². The summed E-state index contributed by atoms with van der Waals surface area (Å²) in [4.78, 5) is 49.0. The van der Waals surface area contributed by atoms with Gasteiger partial charge in [-0.3, -0.25) is 19.7 Å². The number of nitrogens with zero attached hydrogens (tertiary/aromatic N) is 4. The molecule has 3 aromatic rings. The fourth-order valence-electron chi connectivity index (χ4n) is 3.83. The number of hydrogen-bond acceptors (Lipinski definition) is 10. The lowest BCUT2D eigenvalue weighted by atomic mass is 10.1. The van der Waals surface area contributed by atoms with Gasteiger partial charge in [0.05, 0.1) is 28.7 Å². The van der Waals surface area contributed by atoms with Gasteiger partial charge in [-0.05, 0) is 29.8 Å². The van der Waals surface area contributed by atoms with E-state index >= 15 is 0 Å². The molecule has 39 heavy (non-hydrogen) atoms. The number of aliphatic hydroxyl groups is 2. The summed E-state index contributed by atoms with van der Waals surface area (Å²) in [5.41, 5.74) is 1.98. The van der Waals surface area contributed by atoms with Gasteiger partial charge in [0, 0.05) is 57.2 Å². The Labute approximate surface area is 234 Å². The van der Waals surface area contributed by atoms with Crippen molar-refractivity contribution < 1.29 is 24.6 Å². The fourth-order valence-corrected chi connectivity index (χ4v) is 5.64. The summed E-state index contributed by atoms with van der Waals surface area (Å²) in [7, 11) is 0. The number of thioether (sulfide) groups is 1. The molecule has 0 aliphatic carbocycles. The number of anilines is 2. The van der Waals surface area contributed by atoms with E-state index in [1.807, 2.05) is 24.3 Å². The van der Waals surface area contributed by atoms with E-state index in [1.54, 1.807) is 46.8 Å². The molecule has 11 nitrogen and oxygen atoms in total. The standard InChI is InChI=1S/C26H30N6O5S2/c1-17(34)31-7-9-32(10-8-31)25(37)19-4-2-3-18(11-19)16-38-23-14-29-26(39-23)30-24(36)20-5-6-22(27-12-20)28-13-21(35)15-33/h2-6,11-12,14,21,33,35H,7-10,13,15-16H2,1H3,(H,27,28)(H,29,30,36). The Hall–Kier alpha value is -3.52. The lowest BCUT2D eigenvalue weighted by molar-refractivity contribution is -0.130. The molecule has 1 aliphatic heterocycles. The van der Waals surface area contributed by atoms with Gasteiger partial charge < -0.3 is 25.3 Å². The number of amides is 3. The zero-order chi connectivity index (χ0) is 27.8. The molecule has 4 N–H and O–H groups in total. The number of benzene rings is 1. The summed E-state index contributed by atoms with van der Waals surface area (Å²) in [6, 6.07) is 10.8. The normalized spacial score (nSPS) is 14.1. The molecule has 206 valence electrons. The number of aromatic nitrogens is 2. The van der Waals surface area contributed by atoms with Crippen molar-refractivity contribution in [3.63, 3.8) is 0 Å². The van der Waals surface area contributed by atoms with Crippen molar-refractivity contribution in [1.29, 1.82) is 0 Å². The number of rotatable bonds is 10. The summed E-state index contributed by atoms with van der Waals surface area (Å²) in [6.45, 7) is 3.50. The van der Waals surface area contributed by atoms with Gasteiger partial charge >= 0.3 is 0 Å². The largest absolute Gasteiger partial charge is 0.394 e. The van der Waals surface area contributed by atoms with Crippen molar-refractivity contribution in [2.24, 2.45) is 0 Å².